The van der Waals surface area contributed by atoms with Gasteiger partial charge < -0.3 is 10.5 Å². The highest BCUT2D eigenvalue weighted by Gasteiger charge is 2.43. The quantitative estimate of drug-likeness (QED) is 0.615. The molecule has 1 aliphatic rings. The van der Waals surface area contributed by atoms with Gasteiger partial charge in [-0.25, -0.2) is 4.79 Å². The molecule has 1 aliphatic heterocycles. The first kappa shape index (κ1) is 17.3. The van der Waals surface area contributed by atoms with E-state index in [1.165, 1.54) is 12.1 Å². The van der Waals surface area contributed by atoms with Crippen molar-refractivity contribution in [2.75, 3.05) is 6.61 Å². The Morgan fingerprint density at radius 3 is 2.00 bits per heavy atom. The predicted molar refractivity (Wildman–Crippen MR) is 91.0 cm³/mol. The Hall–Kier alpha value is -3.48. The summed E-state index contributed by atoms with van der Waals surface area (Å²) < 4.78 is 4.89. The number of benzene rings is 2. The smallest absolute Gasteiger partial charge is 0.330 e. The number of amides is 3. The van der Waals surface area contributed by atoms with Crippen molar-refractivity contribution in [3.05, 3.63) is 71.3 Å². The molecule has 2 N–H and O–H groups in total. The van der Waals surface area contributed by atoms with Gasteiger partial charge in [-0.15, -0.1) is 0 Å². The molecule has 2 aromatic rings. The third-order valence-electron chi connectivity index (χ3n) is 4.04. The fourth-order valence-corrected chi connectivity index (χ4v) is 2.85. The topological polar surface area (TPSA) is 107 Å². The number of fused-ring (bicyclic) bond motifs is 1. The molecule has 132 valence electrons. The average Bonchev–Trinajstić information content (AvgIpc) is 2.90. The Labute approximate surface area is 149 Å². The first-order valence-electron chi connectivity index (χ1n) is 7.95. The highest BCUT2D eigenvalue weighted by Crippen LogP contribution is 2.26. The summed E-state index contributed by atoms with van der Waals surface area (Å²) in [5.41, 5.74) is 6.22. The standard InChI is InChI=1S/C19H16N2O5/c20-16(22)11-26-19(25)15(10-12-6-2-1-3-7-12)21-17(23)13-8-4-5-9-14(13)18(21)24/h1-9,15H,10-11H2,(H2,20,22)/t15-/m0/s1. The largest absolute Gasteiger partial charge is 0.454 e. The third-order valence-corrected chi connectivity index (χ3v) is 4.04. The second-order valence-corrected chi connectivity index (χ2v) is 5.81. The number of carbonyl (C=O) groups excluding carboxylic acids is 4. The molecule has 1 atom stereocenters. The molecule has 7 nitrogen and oxygen atoms in total. The van der Waals surface area contributed by atoms with E-state index in [1.807, 2.05) is 6.07 Å². The van der Waals surface area contributed by atoms with E-state index < -0.39 is 36.3 Å². The van der Waals surface area contributed by atoms with E-state index in [0.29, 0.717) is 0 Å². The number of imide groups is 1. The van der Waals surface area contributed by atoms with E-state index in [2.05, 4.69) is 0 Å². The van der Waals surface area contributed by atoms with Crippen molar-refractivity contribution in [1.29, 1.82) is 0 Å². The summed E-state index contributed by atoms with van der Waals surface area (Å²) in [6.07, 6.45) is 0.0733. The second kappa shape index (κ2) is 7.18. The number of hydrogen-bond donors (Lipinski definition) is 1. The Morgan fingerprint density at radius 1 is 0.923 bits per heavy atom. The van der Waals surface area contributed by atoms with Gasteiger partial charge in [-0.3, -0.25) is 19.3 Å². The minimum atomic E-state index is -1.19. The van der Waals surface area contributed by atoms with Crippen LogP contribution in [0.3, 0.4) is 0 Å². The number of hydrogen-bond acceptors (Lipinski definition) is 5. The number of primary amides is 1. The molecule has 0 spiro atoms. The van der Waals surface area contributed by atoms with Gasteiger partial charge in [0.1, 0.15) is 6.04 Å². The molecule has 3 amide bonds. The SMILES string of the molecule is NC(=O)COC(=O)[C@H](Cc1ccccc1)N1C(=O)c2ccccc2C1=O. The molecule has 0 bridgehead atoms. The molecular formula is C19H16N2O5. The van der Waals surface area contributed by atoms with Crippen molar-refractivity contribution in [1.82, 2.24) is 4.90 Å². The summed E-state index contributed by atoms with van der Waals surface area (Å²) in [5.74, 6) is -2.81. The highest BCUT2D eigenvalue weighted by molar-refractivity contribution is 6.22. The van der Waals surface area contributed by atoms with Crippen LogP contribution in [0.5, 0.6) is 0 Å². The Kier molecular flexibility index (Phi) is 4.79. The summed E-state index contributed by atoms with van der Waals surface area (Å²) >= 11 is 0. The molecule has 0 radical (unpaired) electrons. The molecule has 0 aliphatic carbocycles. The molecule has 0 saturated carbocycles. The maximum absolute atomic E-state index is 12.7. The van der Waals surface area contributed by atoms with E-state index in [1.54, 1.807) is 36.4 Å². The number of rotatable bonds is 6. The number of esters is 1. The summed E-state index contributed by atoms with van der Waals surface area (Å²) in [7, 11) is 0. The maximum Gasteiger partial charge on any atom is 0.330 e. The molecule has 7 heteroatoms. The van der Waals surface area contributed by atoms with Crippen molar-refractivity contribution < 1.29 is 23.9 Å². The minimum absolute atomic E-state index is 0.0733. The van der Waals surface area contributed by atoms with Gasteiger partial charge in [-0.1, -0.05) is 42.5 Å². The van der Waals surface area contributed by atoms with Crippen LogP contribution in [0.4, 0.5) is 0 Å². The Balaban J connectivity index is 1.93. The van der Waals surface area contributed by atoms with Crippen LogP contribution in [-0.2, 0) is 20.7 Å². The third kappa shape index (κ3) is 3.32. The first-order chi connectivity index (χ1) is 12.5. The van der Waals surface area contributed by atoms with Crippen LogP contribution < -0.4 is 5.73 Å². The molecular weight excluding hydrogens is 336 g/mol. The van der Waals surface area contributed by atoms with Crippen molar-refractivity contribution >= 4 is 23.7 Å². The summed E-state index contributed by atoms with van der Waals surface area (Å²) in [6.45, 7) is -0.618. The zero-order valence-corrected chi connectivity index (χ0v) is 13.8. The number of ether oxygens (including phenoxy) is 1. The van der Waals surface area contributed by atoms with Crippen LogP contribution in [0.2, 0.25) is 0 Å². The fourth-order valence-electron chi connectivity index (χ4n) is 2.85. The van der Waals surface area contributed by atoms with Crippen LogP contribution in [0, 0.1) is 0 Å². The zero-order valence-electron chi connectivity index (χ0n) is 13.8. The molecule has 0 fully saturated rings. The van der Waals surface area contributed by atoms with Crippen molar-refractivity contribution in [3.63, 3.8) is 0 Å². The van der Waals surface area contributed by atoms with E-state index in [-0.39, 0.29) is 17.5 Å². The number of nitrogens with two attached hydrogens (primary N) is 1. The van der Waals surface area contributed by atoms with E-state index in [9.17, 15) is 19.2 Å². The molecule has 3 rings (SSSR count). The van der Waals surface area contributed by atoms with Crippen molar-refractivity contribution in [2.24, 2.45) is 5.73 Å². The lowest BCUT2D eigenvalue weighted by molar-refractivity contribution is -0.151. The highest BCUT2D eigenvalue weighted by atomic mass is 16.5. The van der Waals surface area contributed by atoms with Crippen LogP contribution in [0.1, 0.15) is 26.3 Å². The minimum Gasteiger partial charge on any atom is -0.454 e. The molecule has 0 saturated heterocycles. The van der Waals surface area contributed by atoms with Crippen LogP contribution in [-0.4, -0.2) is 41.2 Å². The lowest BCUT2D eigenvalue weighted by atomic mass is 10.0. The lowest BCUT2D eigenvalue weighted by Gasteiger charge is -2.24. The van der Waals surface area contributed by atoms with Gasteiger partial charge in [0, 0.05) is 6.42 Å². The van der Waals surface area contributed by atoms with E-state index in [0.717, 1.165) is 10.5 Å². The second-order valence-electron chi connectivity index (χ2n) is 5.81. The average molecular weight is 352 g/mol. The van der Waals surface area contributed by atoms with Gasteiger partial charge >= 0.3 is 5.97 Å². The van der Waals surface area contributed by atoms with Gasteiger partial charge in [0.15, 0.2) is 6.61 Å². The van der Waals surface area contributed by atoms with Gasteiger partial charge in [-0.2, -0.15) is 0 Å². The van der Waals surface area contributed by atoms with Crippen LogP contribution >= 0.6 is 0 Å². The summed E-state index contributed by atoms with van der Waals surface area (Å²) in [5, 5.41) is 0. The van der Waals surface area contributed by atoms with Crippen molar-refractivity contribution in [3.8, 4) is 0 Å². The fraction of sp³-hybridized carbons (Fsp3) is 0.158. The molecule has 0 aromatic heterocycles. The summed E-state index contributed by atoms with van der Waals surface area (Å²) in [4.78, 5) is 49.7. The number of nitrogens with zero attached hydrogens (tertiary/aromatic N) is 1. The Bertz CT molecular complexity index is 844. The monoisotopic (exact) mass is 352 g/mol. The predicted octanol–water partition coefficient (Wildman–Crippen LogP) is 0.922. The van der Waals surface area contributed by atoms with Gasteiger partial charge in [-0.05, 0) is 17.7 Å². The molecule has 26 heavy (non-hydrogen) atoms. The van der Waals surface area contributed by atoms with Gasteiger partial charge in [0.25, 0.3) is 17.7 Å². The molecule has 2 aromatic carbocycles. The van der Waals surface area contributed by atoms with Crippen LogP contribution in [0.15, 0.2) is 54.6 Å². The Morgan fingerprint density at radius 2 is 1.46 bits per heavy atom. The van der Waals surface area contributed by atoms with Gasteiger partial charge in [0.2, 0.25) is 0 Å². The maximum atomic E-state index is 12.7. The normalized spacial score (nSPS) is 14.1. The van der Waals surface area contributed by atoms with Crippen LogP contribution in [0.25, 0.3) is 0 Å². The van der Waals surface area contributed by atoms with Crippen molar-refractivity contribution in [2.45, 2.75) is 12.5 Å². The van der Waals surface area contributed by atoms with E-state index in [4.69, 9.17) is 10.5 Å². The number of carbonyl (C=O) groups is 4. The molecule has 0 unspecified atom stereocenters. The van der Waals surface area contributed by atoms with Gasteiger partial charge in [0.05, 0.1) is 11.1 Å². The lowest BCUT2D eigenvalue weighted by Crippen LogP contribution is -2.47. The van der Waals surface area contributed by atoms with E-state index >= 15 is 0 Å². The molecule has 1 heterocycles. The zero-order chi connectivity index (χ0) is 18.7. The summed E-state index contributed by atoms with van der Waals surface area (Å²) in [6, 6.07) is 14.1. The first-order valence-corrected chi connectivity index (χ1v) is 7.95.